The molecule has 1 aromatic rings. The molecule has 25 heavy (non-hydrogen) atoms. The van der Waals surface area contributed by atoms with Crippen molar-refractivity contribution in [1.29, 1.82) is 0 Å². The van der Waals surface area contributed by atoms with Crippen LogP contribution in [0.25, 0.3) is 6.08 Å². The van der Waals surface area contributed by atoms with Crippen LogP contribution in [0.4, 0.5) is 5.69 Å². The highest BCUT2D eigenvalue weighted by molar-refractivity contribution is 7.77. The quantitative estimate of drug-likeness (QED) is 0.506. The van der Waals surface area contributed by atoms with E-state index in [-0.39, 0.29) is 16.6 Å². The number of amides is 2. The largest absolute Gasteiger partial charge is 0.742 e. The predicted molar refractivity (Wildman–Crippen MR) is 100 cm³/mol. The van der Waals surface area contributed by atoms with Crippen molar-refractivity contribution in [2.45, 2.75) is 32.6 Å². The van der Waals surface area contributed by atoms with Gasteiger partial charge in [0.1, 0.15) is 11.3 Å². The molecule has 1 N–H and O–H groups in total. The van der Waals surface area contributed by atoms with Crippen LogP contribution in [0.2, 0.25) is 0 Å². The third-order valence-corrected chi connectivity index (χ3v) is 5.10. The van der Waals surface area contributed by atoms with Crippen LogP contribution in [-0.4, -0.2) is 41.5 Å². The molecule has 0 unspecified atom stereocenters. The highest BCUT2D eigenvalue weighted by Gasteiger charge is 2.27. The van der Waals surface area contributed by atoms with Crippen LogP contribution < -0.4 is 4.90 Å². The van der Waals surface area contributed by atoms with Crippen molar-refractivity contribution in [2.24, 2.45) is 4.99 Å². The maximum atomic E-state index is 12.4. The highest BCUT2D eigenvalue weighted by Crippen LogP contribution is 2.17. The Kier molecular flexibility index (Phi) is 5.60. The fourth-order valence-corrected chi connectivity index (χ4v) is 3.65. The summed E-state index contributed by atoms with van der Waals surface area (Å²) in [6, 6.07) is 8.10. The zero-order valence-corrected chi connectivity index (χ0v) is 15.3. The first-order chi connectivity index (χ1) is 12.1. The molecule has 0 aliphatic carbocycles. The van der Waals surface area contributed by atoms with Crippen molar-refractivity contribution in [3.8, 4) is 0 Å². The van der Waals surface area contributed by atoms with Crippen molar-refractivity contribution >= 4 is 41.4 Å². The summed E-state index contributed by atoms with van der Waals surface area (Å²) in [5, 5.41) is 0.0507. The number of likely N-dealkylation sites (N-methyl/N-ethyl adjacent to an activating group) is 1. The number of amidine groups is 1. The molecule has 0 aromatic heterocycles. The first-order valence-corrected chi connectivity index (χ1v) is 9.29. The van der Waals surface area contributed by atoms with Gasteiger partial charge in [-0.2, -0.15) is 0 Å². The Balaban J connectivity index is 1.81. The van der Waals surface area contributed by atoms with E-state index in [4.69, 9.17) is 12.6 Å². The minimum atomic E-state index is -0.554. The first kappa shape index (κ1) is 17.8. The summed E-state index contributed by atoms with van der Waals surface area (Å²) in [4.78, 5) is 31.1. The monoisotopic (exact) mass is 357 g/mol. The molecule has 6 heteroatoms. The molecule has 0 radical (unpaired) electrons. The van der Waals surface area contributed by atoms with Crippen LogP contribution in [0.15, 0.2) is 34.8 Å². The second-order valence-electron chi connectivity index (χ2n) is 6.45. The summed E-state index contributed by atoms with van der Waals surface area (Å²) in [6.45, 7) is 4.55. The Morgan fingerprint density at radius 3 is 2.36 bits per heavy atom. The normalized spacial score (nSPS) is 21.4. The van der Waals surface area contributed by atoms with Crippen molar-refractivity contribution in [2.75, 3.05) is 19.6 Å². The molecule has 2 amide bonds. The number of rotatable bonds is 3. The first-order valence-electron chi connectivity index (χ1n) is 8.89. The average Bonchev–Trinajstić information content (AvgIpc) is 2.89. The number of hydrogen-bond donors (Lipinski definition) is 1. The molecule has 2 aliphatic heterocycles. The standard InChI is InChI=1S/C19H23N3O2S/c1-2-22-18(24)16(17(23)20-19(22)25)13-14-7-9-15(10-8-14)21-11-5-3-4-6-12-21/h7-10,13H,2-6,11-12H2,1H3,(H,20,23,25). The van der Waals surface area contributed by atoms with Crippen molar-refractivity contribution in [3.63, 3.8) is 0 Å². The Hall–Kier alpha value is -2.05. The lowest BCUT2D eigenvalue weighted by atomic mass is 10.1. The van der Waals surface area contributed by atoms with Gasteiger partial charge in [-0.25, -0.2) is 4.99 Å². The second kappa shape index (κ2) is 7.89. The van der Waals surface area contributed by atoms with Crippen molar-refractivity contribution in [1.82, 2.24) is 4.90 Å². The zero-order chi connectivity index (χ0) is 17.8. The molecule has 0 saturated carbocycles. The summed E-state index contributed by atoms with van der Waals surface area (Å²) < 4.78 is 0. The Morgan fingerprint density at radius 2 is 1.76 bits per heavy atom. The van der Waals surface area contributed by atoms with Gasteiger partial charge in [-0.15, -0.1) is 0 Å². The van der Waals surface area contributed by atoms with Crippen LogP contribution in [0, 0.1) is 0 Å². The number of nitrogens with one attached hydrogen (secondary N) is 1. The van der Waals surface area contributed by atoms with E-state index in [1.54, 1.807) is 6.08 Å². The van der Waals surface area contributed by atoms with E-state index in [0.29, 0.717) is 6.54 Å². The fourth-order valence-electron chi connectivity index (χ4n) is 3.36. The number of aliphatic imine (C=N–C) groups is 1. The molecule has 1 aromatic carbocycles. The molecule has 0 spiro atoms. The average molecular weight is 357 g/mol. The Morgan fingerprint density at radius 1 is 1.12 bits per heavy atom. The van der Waals surface area contributed by atoms with E-state index < -0.39 is 5.91 Å². The second-order valence-corrected chi connectivity index (χ2v) is 6.81. The van der Waals surface area contributed by atoms with Gasteiger partial charge in [0.25, 0.3) is 11.8 Å². The van der Waals surface area contributed by atoms with Gasteiger partial charge in [-0.3, -0.25) is 9.59 Å². The van der Waals surface area contributed by atoms with Crippen LogP contribution in [0.3, 0.4) is 0 Å². The third kappa shape index (κ3) is 3.96. The van der Waals surface area contributed by atoms with Crippen LogP contribution in [0.1, 0.15) is 38.2 Å². The third-order valence-electron chi connectivity index (χ3n) is 4.79. The molecule has 0 bridgehead atoms. The van der Waals surface area contributed by atoms with E-state index in [1.807, 2.05) is 19.1 Å². The fraction of sp³-hybridized carbons (Fsp3) is 0.421. The van der Waals surface area contributed by atoms with E-state index in [2.05, 4.69) is 17.1 Å². The van der Waals surface area contributed by atoms with E-state index in [0.717, 1.165) is 5.56 Å². The zero-order valence-electron chi connectivity index (χ0n) is 14.5. The van der Waals surface area contributed by atoms with Crippen LogP contribution >= 0.6 is 0 Å². The molecule has 132 valence electrons. The van der Waals surface area contributed by atoms with Gasteiger partial charge in [0, 0.05) is 6.54 Å². The maximum Gasteiger partial charge on any atom is 0.282 e. The van der Waals surface area contributed by atoms with Gasteiger partial charge in [0.05, 0.1) is 13.1 Å². The Labute approximate surface area is 153 Å². The van der Waals surface area contributed by atoms with Crippen molar-refractivity contribution in [3.05, 3.63) is 35.4 Å². The molecular weight excluding hydrogens is 334 g/mol. The molecule has 2 aliphatic rings. The number of carbonyl (C=O) groups is 2. The molecule has 2 heterocycles. The summed E-state index contributed by atoms with van der Waals surface area (Å²) in [7, 11) is 0. The summed E-state index contributed by atoms with van der Waals surface area (Å²) >= 11 is 4.99. The lowest BCUT2D eigenvalue weighted by molar-refractivity contribution is -0.831. The van der Waals surface area contributed by atoms with Crippen LogP contribution in [0.5, 0.6) is 0 Å². The van der Waals surface area contributed by atoms with Gasteiger partial charge in [-0.05, 0) is 73.7 Å². The predicted octanol–water partition coefficient (Wildman–Crippen LogP) is 1.45. The summed E-state index contributed by atoms with van der Waals surface area (Å²) in [5.41, 5.74) is 2.17. The topological polar surface area (TPSA) is 54.2 Å². The van der Waals surface area contributed by atoms with Gasteiger partial charge in [-0.1, -0.05) is 0 Å². The molecule has 1 fully saturated rings. The van der Waals surface area contributed by atoms with Gasteiger partial charge < -0.3 is 22.4 Å². The van der Waals surface area contributed by atoms with E-state index in [1.165, 1.54) is 54.3 Å². The number of nitrogens with zero attached hydrogens (tertiary/aromatic N) is 2. The lowest BCUT2D eigenvalue weighted by Crippen LogP contribution is -3.07. The minimum absolute atomic E-state index is 0.0507. The van der Waals surface area contributed by atoms with E-state index in [9.17, 15) is 9.59 Å². The van der Waals surface area contributed by atoms with E-state index >= 15 is 0 Å². The van der Waals surface area contributed by atoms with Crippen molar-refractivity contribution < 1.29 is 14.5 Å². The minimum Gasteiger partial charge on any atom is -0.742 e. The molecule has 5 nitrogen and oxygen atoms in total. The SMILES string of the molecule is CCN1C(=O)C(=Cc2ccc([NH+]3CCCCCC3)cc2)C(=O)N=C1[S-]. The lowest BCUT2D eigenvalue weighted by Gasteiger charge is -2.30. The van der Waals surface area contributed by atoms with Crippen LogP contribution in [-0.2, 0) is 22.2 Å². The smallest absolute Gasteiger partial charge is 0.282 e. The van der Waals surface area contributed by atoms with Gasteiger partial charge in [0.15, 0.2) is 0 Å². The molecule has 1 saturated heterocycles. The Bertz CT molecular complexity index is 717. The number of hydrogen-bond acceptors (Lipinski definition) is 3. The number of carbonyl (C=O) groups excluding carboxylic acids is 2. The summed E-state index contributed by atoms with van der Waals surface area (Å²) in [5.74, 6) is -0.920. The maximum absolute atomic E-state index is 12.4. The molecular formula is C19H23N3O2S. The van der Waals surface area contributed by atoms with Gasteiger partial charge >= 0.3 is 0 Å². The number of quaternary nitrogens is 1. The highest BCUT2D eigenvalue weighted by atomic mass is 32.1. The summed E-state index contributed by atoms with van der Waals surface area (Å²) in [6.07, 6.45) is 6.77. The molecule has 0 atom stereocenters. The number of benzene rings is 1. The molecule has 3 rings (SSSR count). The van der Waals surface area contributed by atoms with Gasteiger partial charge in [0.2, 0.25) is 0 Å².